The average Bonchev–Trinajstić information content (AvgIpc) is 3.40. The molecule has 2 amide bonds. The van der Waals surface area contributed by atoms with E-state index in [1.165, 1.54) is 11.8 Å². The lowest BCUT2D eigenvalue weighted by Crippen LogP contribution is -2.33. The Kier molecular flexibility index (Phi) is 7.25. The first-order valence-corrected chi connectivity index (χ1v) is 10.8. The molecular weight excluding hydrogens is 406 g/mol. The van der Waals surface area contributed by atoms with Crippen LogP contribution >= 0.6 is 11.8 Å². The fourth-order valence-electron chi connectivity index (χ4n) is 3.49. The van der Waals surface area contributed by atoms with Gasteiger partial charge in [-0.3, -0.25) is 9.59 Å². The van der Waals surface area contributed by atoms with Crippen molar-refractivity contribution in [1.82, 2.24) is 10.1 Å². The average molecular weight is 434 g/mol. The summed E-state index contributed by atoms with van der Waals surface area (Å²) in [6.45, 7) is 4.22. The molecule has 2 aromatic rings. The number of rotatable bonds is 8. The third-order valence-electron chi connectivity index (χ3n) is 5.08. The quantitative estimate of drug-likeness (QED) is 0.682. The standard InChI is InChI=1S/C21H27N3O5S/c1-13-10-19(23-29-13)22-21(26)14(2)30-12-20(25)24-9-5-6-17(24)16-8-7-15(27-3)11-18(16)28-4/h7-8,10-11,14,17H,5-6,9,12H2,1-4H3,(H,22,23,26). The summed E-state index contributed by atoms with van der Waals surface area (Å²) in [5.41, 5.74) is 0.973. The zero-order valence-electron chi connectivity index (χ0n) is 17.6. The van der Waals surface area contributed by atoms with Gasteiger partial charge in [0.15, 0.2) is 5.82 Å². The van der Waals surface area contributed by atoms with Crippen LogP contribution in [0.5, 0.6) is 11.5 Å². The van der Waals surface area contributed by atoms with Gasteiger partial charge in [0.25, 0.3) is 0 Å². The van der Waals surface area contributed by atoms with E-state index in [1.807, 2.05) is 23.1 Å². The highest BCUT2D eigenvalue weighted by Crippen LogP contribution is 2.39. The van der Waals surface area contributed by atoms with E-state index in [1.54, 1.807) is 34.1 Å². The van der Waals surface area contributed by atoms with Crippen molar-refractivity contribution < 1.29 is 23.6 Å². The van der Waals surface area contributed by atoms with E-state index in [0.29, 0.717) is 29.6 Å². The minimum Gasteiger partial charge on any atom is -0.497 e. The van der Waals surface area contributed by atoms with Gasteiger partial charge in [-0.1, -0.05) is 5.16 Å². The molecule has 2 atom stereocenters. The number of ether oxygens (including phenoxy) is 2. The smallest absolute Gasteiger partial charge is 0.238 e. The molecular formula is C21H27N3O5S. The molecule has 0 radical (unpaired) electrons. The van der Waals surface area contributed by atoms with Crippen molar-refractivity contribution in [2.24, 2.45) is 0 Å². The topological polar surface area (TPSA) is 93.9 Å². The zero-order chi connectivity index (χ0) is 21.7. The predicted molar refractivity (Wildman–Crippen MR) is 115 cm³/mol. The van der Waals surface area contributed by atoms with E-state index in [0.717, 1.165) is 18.4 Å². The van der Waals surface area contributed by atoms with Crippen LogP contribution in [0.3, 0.4) is 0 Å². The second-order valence-corrected chi connectivity index (χ2v) is 8.45. The van der Waals surface area contributed by atoms with Crippen LogP contribution in [0.4, 0.5) is 5.82 Å². The Morgan fingerprint density at radius 2 is 2.13 bits per heavy atom. The minimum absolute atomic E-state index is 0.0114. The Bertz CT molecular complexity index is 901. The Morgan fingerprint density at radius 1 is 1.33 bits per heavy atom. The maximum Gasteiger partial charge on any atom is 0.238 e. The summed E-state index contributed by atoms with van der Waals surface area (Å²) in [5, 5.41) is 6.05. The number of carbonyl (C=O) groups excluding carboxylic acids is 2. The van der Waals surface area contributed by atoms with Crippen LogP contribution in [0.15, 0.2) is 28.8 Å². The van der Waals surface area contributed by atoms with E-state index < -0.39 is 5.25 Å². The molecule has 2 heterocycles. The fraction of sp³-hybridized carbons (Fsp3) is 0.476. The van der Waals surface area contributed by atoms with Gasteiger partial charge in [0.2, 0.25) is 11.8 Å². The lowest BCUT2D eigenvalue weighted by atomic mass is 10.0. The second kappa shape index (κ2) is 9.88. The van der Waals surface area contributed by atoms with Crippen molar-refractivity contribution in [3.8, 4) is 11.5 Å². The molecule has 0 aliphatic carbocycles. The lowest BCUT2D eigenvalue weighted by Gasteiger charge is -2.27. The minimum atomic E-state index is -0.400. The van der Waals surface area contributed by atoms with E-state index in [4.69, 9.17) is 14.0 Å². The van der Waals surface area contributed by atoms with Crippen LogP contribution in [0.25, 0.3) is 0 Å². The molecule has 2 unspecified atom stereocenters. The Labute approximate surface area is 180 Å². The number of thioether (sulfide) groups is 1. The monoisotopic (exact) mass is 433 g/mol. The molecule has 30 heavy (non-hydrogen) atoms. The Morgan fingerprint density at radius 3 is 2.80 bits per heavy atom. The first kappa shape index (κ1) is 22.0. The molecule has 1 aromatic carbocycles. The van der Waals surface area contributed by atoms with Crippen molar-refractivity contribution in [3.63, 3.8) is 0 Å². The van der Waals surface area contributed by atoms with Gasteiger partial charge in [-0.05, 0) is 38.8 Å². The van der Waals surface area contributed by atoms with Crippen LogP contribution < -0.4 is 14.8 Å². The van der Waals surface area contributed by atoms with Crippen molar-refractivity contribution in [2.45, 2.75) is 38.0 Å². The van der Waals surface area contributed by atoms with Crippen molar-refractivity contribution in [3.05, 3.63) is 35.6 Å². The molecule has 0 bridgehead atoms. The normalized spacial score (nSPS) is 16.9. The molecule has 1 saturated heterocycles. The third-order valence-corrected chi connectivity index (χ3v) is 6.21. The molecule has 8 nitrogen and oxygen atoms in total. The molecule has 3 rings (SSSR count). The van der Waals surface area contributed by atoms with Crippen molar-refractivity contribution in [1.29, 1.82) is 0 Å². The highest BCUT2D eigenvalue weighted by molar-refractivity contribution is 8.01. The van der Waals surface area contributed by atoms with Gasteiger partial charge in [0, 0.05) is 24.2 Å². The first-order chi connectivity index (χ1) is 14.4. The van der Waals surface area contributed by atoms with Crippen LogP contribution in [-0.4, -0.2) is 53.6 Å². The highest BCUT2D eigenvalue weighted by Gasteiger charge is 2.32. The van der Waals surface area contributed by atoms with Gasteiger partial charge in [-0.2, -0.15) is 0 Å². The van der Waals surface area contributed by atoms with Crippen LogP contribution in [0.2, 0.25) is 0 Å². The Balaban J connectivity index is 1.60. The summed E-state index contributed by atoms with van der Waals surface area (Å²) in [7, 11) is 3.23. The number of nitrogens with one attached hydrogen (secondary N) is 1. The third kappa shape index (κ3) is 5.08. The van der Waals surface area contributed by atoms with Crippen LogP contribution in [0.1, 0.15) is 37.1 Å². The second-order valence-electron chi connectivity index (χ2n) is 7.12. The summed E-state index contributed by atoms with van der Waals surface area (Å²) in [5.74, 6) is 2.44. The molecule has 0 saturated carbocycles. The number of hydrogen-bond donors (Lipinski definition) is 1. The number of aryl methyl sites for hydroxylation is 1. The number of hydrogen-bond acceptors (Lipinski definition) is 7. The van der Waals surface area contributed by atoms with Gasteiger partial charge in [0.05, 0.1) is 31.3 Å². The molecule has 9 heteroatoms. The zero-order valence-corrected chi connectivity index (χ0v) is 18.5. The maximum absolute atomic E-state index is 12.9. The predicted octanol–water partition coefficient (Wildman–Crippen LogP) is 3.42. The summed E-state index contributed by atoms with van der Waals surface area (Å²) in [6.07, 6.45) is 1.80. The van der Waals surface area contributed by atoms with Crippen molar-refractivity contribution >= 4 is 29.4 Å². The van der Waals surface area contributed by atoms with E-state index in [9.17, 15) is 9.59 Å². The molecule has 1 aromatic heterocycles. The number of aromatic nitrogens is 1. The van der Waals surface area contributed by atoms with Gasteiger partial charge in [-0.15, -0.1) is 11.8 Å². The lowest BCUT2D eigenvalue weighted by molar-refractivity contribution is -0.129. The van der Waals surface area contributed by atoms with Gasteiger partial charge in [0.1, 0.15) is 17.3 Å². The largest absolute Gasteiger partial charge is 0.497 e. The van der Waals surface area contributed by atoms with E-state index in [2.05, 4.69) is 10.5 Å². The van der Waals surface area contributed by atoms with Gasteiger partial charge in [-0.25, -0.2) is 0 Å². The Hall–Kier alpha value is -2.68. The summed E-state index contributed by atoms with van der Waals surface area (Å²) in [4.78, 5) is 27.1. The van der Waals surface area contributed by atoms with Crippen molar-refractivity contribution in [2.75, 3.05) is 31.8 Å². The number of anilines is 1. The number of amides is 2. The molecule has 1 fully saturated rings. The van der Waals surface area contributed by atoms with Gasteiger partial charge < -0.3 is 24.2 Å². The number of carbonyl (C=O) groups is 2. The van der Waals surface area contributed by atoms with E-state index >= 15 is 0 Å². The van der Waals surface area contributed by atoms with Crippen LogP contribution in [-0.2, 0) is 9.59 Å². The molecule has 0 spiro atoms. The summed E-state index contributed by atoms with van der Waals surface area (Å²) in [6, 6.07) is 7.28. The molecule has 1 aliphatic heterocycles. The number of likely N-dealkylation sites (tertiary alicyclic amines) is 1. The molecule has 1 aliphatic rings. The number of benzene rings is 1. The van der Waals surface area contributed by atoms with Crippen LogP contribution in [0, 0.1) is 6.92 Å². The summed E-state index contributed by atoms with van der Waals surface area (Å²) >= 11 is 1.31. The number of nitrogens with zero attached hydrogens (tertiary/aromatic N) is 2. The maximum atomic E-state index is 12.9. The SMILES string of the molecule is COc1ccc(C2CCCN2C(=O)CSC(C)C(=O)Nc2cc(C)on2)c(OC)c1. The molecule has 1 N–H and O–H groups in total. The first-order valence-electron chi connectivity index (χ1n) is 9.80. The van der Waals surface area contributed by atoms with Gasteiger partial charge >= 0.3 is 0 Å². The highest BCUT2D eigenvalue weighted by atomic mass is 32.2. The summed E-state index contributed by atoms with van der Waals surface area (Å²) < 4.78 is 15.7. The number of methoxy groups -OCH3 is 2. The molecule has 162 valence electrons. The van der Waals surface area contributed by atoms with E-state index in [-0.39, 0.29) is 23.6 Å². The fourth-order valence-corrected chi connectivity index (χ4v) is 4.26.